The largest absolute Gasteiger partial charge is 0.353 e. The van der Waals surface area contributed by atoms with Crippen LogP contribution >= 0.6 is 11.6 Å². The van der Waals surface area contributed by atoms with E-state index in [1.165, 1.54) is 0 Å². The molecule has 3 rings (SSSR count). The van der Waals surface area contributed by atoms with Crippen LogP contribution in [0, 0.1) is 13.8 Å². The van der Waals surface area contributed by atoms with E-state index in [1.54, 1.807) is 19.2 Å². The van der Waals surface area contributed by atoms with Crippen molar-refractivity contribution in [1.82, 2.24) is 19.9 Å². The zero-order valence-corrected chi connectivity index (χ0v) is 13.9. The summed E-state index contributed by atoms with van der Waals surface area (Å²) >= 11 is 5.86. The summed E-state index contributed by atoms with van der Waals surface area (Å²) < 4.78 is 0. The molecule has 6 nitrogen and oxygen atoms in total. The van der Waals surface area contributed by atoms with Crippen LogP contribution in [0.5, 0.6) is 0 Å². The van der Waals surface area contributed by atoms with Crippen molar-refractivity contribution < 1.29 is 4.79 Å². The van der Waals surface area contributed by atoms with Gasteiger partial charge in [-0.1, -0.05) is 11.6 Å². The number of amides is 1. The Morgan fingerprint density at radius 1 is 1.13 bits per heavy atom. The molecule has 2 aromatic heterocycles. The molecule has 3 heterocycles. The minimum absolute atomic E-state index is 0.0395. The molecular weight excluding hydrogens is 314 g/mol. The van der Waals surface area contributed by atoms with E-state index in [1.807, 2.05) is 24.0 Å². The van der Waals surface area contributed by atoms with Gasteiger partial charge in [-0.25, -0.2) is 15.0 Å². The number of carbonyl (C=O) groups excluding carboxylic acids is 1. The van der Waals surface area contributed by atoms with Crippen molar-refractivity contribution in [1.29, 1.82) is 0 Å². The number of hydrogen-bond acceptors (Lipinski definition) is 5. The summed E-state index contributed by atoms with van der Waals surface area (Å²) in [5.74, 6) is 1.47. The second-order valence-electron chi connectivity index (χ2n) is 5.56. The van der Waals surface area contributed by atoms with E-state index in [0.717, 1.165) is 24.6 Å². The lowest BCUT2D eigenvalue weighted by molar-refractivity contribution is 0.0740. The lowest BCUT2D eigenvalue weighted by atomic mass is 10.2. The Balaban J connectivity index is 1.66. The smallest absolute Gasteiger partial charge is 0.272 e. The first-order chi connectivity index (χ1) is 11.0. The Morgan fingerprint density at radius 2 is 1.87 bits per heavy atom. The van der Waals surface area contributed by atoms with Crippen molar-refractivity contribution in [2.45, 2.75) is 13.8 Å². The third kappa shape index (κ3) is 3.59. The second-order valence-corrected chi connectivity index (χ2v) is 5.99. The zero-order valence-electron chi connectivity index (χ0n) is 13.2. The molecule has 0 radical (unpaired) electrons. The number of carbonyl (C=O) groups is 1. The Morgan fingerprint density at radius 3 is 2.48 bits per heavy atom. The molecule has 1 saturated heterocycles. The second kappa shape index (κ2) is 6.50. The molecule has 2 aromatic rings. The van der Waals surface area contributed by atoms with Crippen LogP contribution in [0.15, 0.2) is 24.4 Å². The maximum absolute atomic E-state index is 12.6. The number of rotatable bonds is 2. The van der Waals surface area contributed by atoms with Crippen LogP contribution in [0.1, 0.15) is 22.0 Å². The number of halogens is 1. The molecule has 0 spiro atoms. The topological polar surface area (TPSA) is 62.2 Å². The molecule has 1 fully saturated rings. The quantitative estimate of drug-likeness (QED) is 0.843. The predicted octanol–water partition coefficient (Wildman–Crippen LogP) is 2.10. The third-order valence-corrected chi connectivity index (χ3v) is 4.01. The van der Waals surface area contributed by atoms with E-state index in [9.17, 15) is 4.79 Å². The fourth-order valence-electron chi connectivity index (χ4n) is 2.68. The molecule has 0 unspecified atom stereocenters. The van der Waals surface area contributed by atoms with Crippen molar-refractivity contribution in [3.8, 4) is 0 Å². The highest BCUT2D eigenvalue weighted by Gasteiger charge is 2.24. The lowest BCUT2D eigenvalue weighted by Crippen LogP contribution is -2.49. The normalized spacial score (nSPS) is 14.9. The Labute approximate surface area is 140 Å². The number of aryl methyl sites for hydroxylation is 2. The van der Waals surface area contributed by atoms with E-state index in [4.69, 9.17) is 11.6 Å². The highest BCUT2D eigenvalue weighted by Crippen LogP contribution is 2.17. The number of nitrogens with zero attached hydrogens (tertiary/aromatic N) is 5. The van der Waals surface area contributed by atoms with Gasteiger partial charge < -0.3 is 9.80 Å². The molecule has 0 bridgehead atoms. The predicted molar refractivity (Wildman–Crippen MR) is 88.9 cm³/mol. The van der Waals surface area contributed by atoms with Crippen molar-refractivity contribution in [3.05, 3.63) is 46.6 Å². The number of pyridine rings is 1. The van der Waals surface area contributed by atoms with Gasteiger partial charge in [0.05, 0.1) is 5.02 Å². The van der Waals surface area contributed by atoms with Crippen molar-refractivity contribution in [3.63, 3.8) is 0 Å². The molecule has 7 heteroatoms. The SMILES string of the molecule is Cc1cc(C(=O)N2CCN(c3ccc(Cl)cn3)CC2)nc(C)n1. The van der Waals surface area contributed by atoms with Gasteiger partial charge in [-0.05, 0) is 32.0 Å². The van der Waals surface area contributed by atoms with Gasteiger partial charge in [0.1, 0.15) is 17.3 Å². The number of anilines is 1. The summed E-state index contributed by atoms with van der Waals surface area (Å²) in [7, 11) is 0. The molecule has 0 aliphatic carbocycles. The molecule has 1 aliphatic rings. The van der Waals surface area contributed by atoms with Crippen LogP contribution in [0.4, 0.5) is 5.82 Å². The number of hydrogen-bond donors (Lipinski definition) is 0. The molecule has 120 valence electrons. The highest BCUT2D eigenvalue weighted by atomic mass is 35.5. The fraction of sp³-hybridized carbons (Fsp3) is 0.375. The fourth-order valence-corrected chi connectivity index (χ4v) is 2.79. The van der Waals surface area contributed by atoms with Crippen LogP contribution in [-0.4, -0.2) is 51.9 Å². The third-order valence-electron chi connectivity index (χ3n) is 3.79. The summed E-state index contributed by atoms with van der Waals surface area (Å²) in [6.07, 6.45) is 1.64. The molecule has 0 N–H and O–H groups in total. The number of piperazine rings is 1. The van der Waals surface area contributed by atoms with Crippen LogP contribution in [-0.2, 0) is 0 Å². The molecule has 23 heavy (non-hydrogen) atoms. The Bertz CT molecular complexity index is 691. The van der Waals surface area contributed by atoms with E-state index in [0.29, 0.717) is 29.6 Å². The number of aromatic nitrogens is 3. The summed E-state index contributed by atoms with van der Waals surface area (Å²) in [6.45, 7) is 6.44. The van der Waals surface area contributed by atoms with E-state index in [2.05, 4.69) is 19.9 Å². The van der Waals surface area contributed by atoms with E-state index >= 15 is 0 Å². The van der Waals surface area contributed by atoms with E-state index < -0.39 is 0 Å². The van der Waals surface area contributed by atoms with Crippen LogP contribution < -0.4 is 4.90 Å². The minimum Gasteiger partial charge on any atom is -0.353 e. The molecule has 1 aliphatic heterocycles. The van der Waals surface area contributed by atoms with Crippen LogP contribution in [0.3, 0.4) is 0 Å². The summed E-state index contributed by atoms with van der Waals surface area (Å²) in [4.78, 5) is 29.3. The first-order valence-corrected chi connectivity index (χ1v) is 7.89. The summed E-state index contributed by atoms with van der Waals surface area (Å²) in [5.41, 5.74) is 1.28. The van der Waals surface area contributed by atoms with Gasteiger partial charge in [-0.3, -0.25) is 4.79 Å². The Kier molecular flexibility index (Phi) is 4.43. The first-order valence-electron chi connectivity index (χ1n) is 7.51. The minimum atomic E-state index is -0.0395. The van der Waals surface area contributed by atoms with Gasteiger partial charge in [0.25, 0.3) is 5.91 Å². The maximum Gasteiger partial charge on any atom is 0.272 e. The molecular formula is C16H18ClN5O. The molecule has 0 aromatic carbocycles. The van der Waals surface area contributed by atoms with Gasteiger partial charge in [-0.15, -0.1) is 0 Å². The molecule has 0 saturated carbocycles. The summed E-state index contributed by atoms with van der Waals surface area (Å²) in [6, 6.07) is 5.47. The van der Waals surface area contributed by atoms with Crippen molar-refractivity contribution >= 4 is 23.3 Å². The molecule has 1 amide bonds. The van der Waals surface area contributed by atoms with Gasteiger partial charge in [-0.2, -0.15) is 0 Å². The summed E-state index contributed by atoms with van der Waals surface area (Å²) in [5, 5.41) is 0.622. The van der Waals surface area contributed by atoms with E-state index in [-0.39, 0.29) is 5.91 Å². The molecule has 0 atom stereocenters. The van der Waals surface area contributed by atoms with Gasteiger partial charge >= 0.3 is 0 Å². The van der Waals surface area contributed by atoms with Crippen LogP contribution in [0.25, 0.3) is 0 Å². The lowest BCUT2D eigenvalue weighted by Gasteiger charge is -2.35. The van der Waals surface area contributed by atoms with Crippen molar-refractivity contribution in [2.75, 3.05) is 31.1 Å². The maximum atomic E-state index is 12.6. The first kappa shape index (κ1) is 15.7. The van der Waals surface area contributed by atoms with Crippen molar-refractivity contribution in [2.24, 2.45) is 0 Å². The standard InChI is InChI=1S/C16H18ClN5O/c1-11-9-14(20-12(2)19-11)16(23)22-7-5-21(6-8-22)15-4-3-13(17)10-18-15/h3-4,9-10H,5-8H2,1-2H3. The monoisotopic (exact) mass is 331 g/mol. The van der Waals surface area contributed by atoms with Crippen LogP contribution in [0.2, 0.25) is 5.02 Å². The van der Waals surface area contributed by atoms with Gasteiger partial charge in [0.2, 0.25) is 0 Å². The average molecular weight is 332 g/mol. The van der Waals surface area contributed by atoms with Gasteiger partial charge in [0, 0.05) is 38.1 Å². The highest BCUT2D eigenvalue weighted by molar-refractivity contribution is 6.30. The average Bonchev–Trinajstić information content (AvgIpc) is 2.54. The van der Waals surface area contributed by atoms with Gasteiger partial charge in [0.15, 0.2) is 0 Å². The Hall–Kier alpha value is -2.21. The zero-order chi connectivity index (χ0) is 16.4.